The molecule has 0 saturated carbocycles. The highest BCUT2D eigenvalue weighted by Gasteiger charge is 2.11. The first-order valence-corrected chi connectivity index (χ1v) is 10.9. The third-order valence-electron chi connectivity index (χ3n) is 4.77. The lowest BCUT2D eigenvalue weighted by Crippen LogP contribution is -2.16. The molecule has 0 unspecified atom stereocenters. The fourth-order valence-electron chi connectivity index (χ4n) is 3.13. The molecule has 0 radical (unpaired) electrons. The van der Waals surface area contributed by atoms with Gasteiger partial charge in [-0.1, -0.05) is 65.7 Å². The minimum atomic E-state index is 0.300. The lowest BCUT2D eigenvalue weighted by atomic mass is 10.2. The molecule has 0 amide bonds. The molecule has 32 heavy (non-hydrogen) atoms. The molecule has 164 valence electrons. The number of aromatic amines is 1. The van der Waals surface area contributed by atoms with Crippen LogP contribution in [0.4, 0.5) is 0 Å². The standard InChI is InChI=1S/C23H20Cl2N4O2S/c1-30-21-11-15(7-10-20(21)31-14-17-8-9-18(24)12-19(17)25)13-26-29-22(27-28-23(29)32)16-5-3-2-4-6-16/h2-12,26H,13-14H2,1H3,(H,28,32). The first kappa shape index (κ1) is 22.2. The second-order valence-electron chi connectivity index (χ2n) is 6.90. The SMILES string of the molecule is COc1cc(CNn2c(-c3ccccc3)n[nH]c2=S)ccc1OCc1ccc(Cl)cc1Cl. The van der Waals surface area contributed by atoms with Crippen LogP contribution in [0.1, 0.15) is 11.1 Å². The third-order valence-corrected chi connectivity index (χ3v) is 5.63. The fraction of sp³-hybridized carbons (Fsp3) is 0.130. The van der Waals surface area contributed by atoms with Gasteiger partial charge >= 0.3 is 0 Å². The lowest BCUT2D eigenvalue weighted by molar-refractivity contribution is 0.284. The number of nitrogens with one attached hydrogen (secondary N) is 2. The van der Waals surface area contributed by atoms with Gasteiger partial charge in [0, 0.05) is 21.2 Å². The van der Waals surface area contributed by atoms with Crippen molar-refractivity contribution in [1.29, 1.82) is 0 Å². The number of methoxy groups -OCH3 is 1. The molecule has 0 aliphatic rings. The Kier molecular flexibility index (Phi) is 6.99. The van der Waals surface area contributed by atoms with Crippen molar-refractivity contribution < 1.29 is 9.47 Å². The van der Waals surface area contributed by atoms with Gasteiger partial charge in [-0.2, -0.15) is 5.10 Å². The van der Waals surface area contributed by atoms with Crippen molar-refractivity contribution in [1.82, 2.24) is 14.9 Å². The molecule has 6 nitrogen and oxygen atoms in total. The summed E-state index contributed by atoms with van der Waals surface area (Å²) in [6.45, 7) is 0.807. The van der Waals surface area contributed by atoms with E-state index in [1.165, 1.54) is 0 Å². The predicted molar refractivity (Wildman–Crippen MR) is 130 cm³/mol. The molecular weight excluding hydrogens is 467 g/mol. The van der Waals surface area contributed by atoms with Crippen LogP contribution in [0.2, 0.25) is 10.0 Å². The molecule has 1 heterocycles. The van der Waals surface area contributed by atoms with Gasteiger partial charge in [-0.05, 0) is 42.0 Å². The lowest BCUT2D eigenvalue weighted by Gasteiger charge is -2.14. The van der Waals surface area contributed by atoms with Gasteiger partial charge in [0.1, 0.15) is 6.61 Å². The van der Waals surface area contributed by atoms with E-state index in [2.05, 4.69) is 15.6 Å². The average Bonchev–Trinajstić information content (AvgIpc) is 3.18. The summed E-state index contributed by atoms with van der Waals surface area (Å²) < 4.78 is 13.7. The summed E-state index contributed by atoms with van der Waals surface area (Å²) in [5.74, 6) is 1.95. The Morgan fingerprint density at radius 1 is 1.03 bits per heavy atom. The molecule has 0 atom stereocenters. The summed E-state index contributed by atoms with van der Waals surface area (Å²) in [4.78, 5) is 0. The Morgan fingerprint density at radius 3 is 2.59 bits per heavy atom. The normalized spacial score (nSPS) is 10.7. The summed E-state index contributed by atoms with van der Waals surface area (Å²) in [5.41, 5.74) is 6.09. The van der Waals surface area contributed by atoms with Crippen LogP contribution in [-0.4, -0.2) is 22.0 Å². The van der Waals surface area contributed by atoms with E-state index in [-0.39, 0.29) is 0 Å². The quantitative estimate of drug-likeness (QED) is 0.288. The zero-order valence-corrected chi connectivity index (χ0v) is 19.5. The first-order chi connectivity index (χ1) is 15.5. The summed E-state index contributed by atoms with van der Waals surface area (Å²) in [5, 5.41) is 8.31. The Hall–Kier alpha value is -3.00. The molecular formula is C23H20Cl2N4O2S. The molecule has 4 rings (SSSR count). The van der Waals surface area contributed by atoms with Crippen molar-refractivity contribution in [2.75, 3.05) is 12.5 Å². The van der Waals surface area contributed by atoms with Gasteiger partial charge in [-0.15, -0.1) is 0 Å². The zero-order valence-electron chi connectivity index (χ0n) is 17.1. The van der Waals surface area contributed by atoms with E-state index < -0.39 is 0 Å². The fourth-order valence-corrected chi connectivity index (χ4v) is 3.79. The van der Waals surface area contributed by atoms with Crippen molar-refractivity contribution in [3.63, 3.8) is 0 Å². The van der Waals surface area contributed by atoms with Crippen molar-refractivity contribution in [2.24, 2.45) is 0 Å². The maximum Gasteiger partial charge on any atom is 0.214 e. The molecule has 3 aromatic carbocycles. The smallest absolute Gasteiger partial charge is 0.214 e. The zero-order chi connectivity index (χ0) is 22.5. The Balaban J connectivity index is 1.47. The van der Waals surface area contributed by atoms with Crippen LogP contribution < -0.4 is 14.9 Å². The minimum absolute atomic E-state index is 0.300. The number of halogens is 2. The molecule has 0 spiro atoms. The van der Waals surface area contributed by atoms with Crippen LogP contribution in [0.25, 0.3) is 11.4 Å². The predicted octanol–water partition coefficient (Wildman–Crippen LogP) is 6.25. The number of rotatable bonds is 8. The van der Waals surface area contributed by atoms with E-state index in [0.29, 0.717) is 45.3 Å². The highest BCUT2D eigenvalue weighted by Crippen LogP contribution is 2.30. The first-order valence-electron chi connectivity index (χ1n) is 9.75. The van der Waals surface area contributed by atoms with Crippen molar-refractivity contribution >= 4 is 35.4 Å². The molecule has 1 aromatic heterocycles. The van der Waals surface area contributed by atoms with Gasteiger partial charge in [0.05, 0.1) is 13.7 Å². The third kappa shape index (κ3) is 5.07. The van der Waals surface area contributed by atoms with Crippen molar-refractivity contribution in [3.8, 4) is 22.9 Å². The number of aromatic nitrogens is 3. The highest BCUT2D eigenvalue weighted by atomic mass is 35.5. The number of hydrogen-bond acceptors (Lipinski definition) is 5. The van der Waals surface area contributed by atoms with Crippen LogP contribution in [0, 0.1) is 4.77 Å². The monoisotopic (exact) mass is 486 g/mol. The summed E-state index contributed by atoms with van der Waals surface area (Å²) in [6, 6.07) is 20.9. The number of nitrogens with zero attached hydrogens (tertiary/aromatic N) is 2. The van der Waals surface area contributed by atoms with Gasteiger partial charge in [0.2, 0.25) is 4.77 Å². The molecule has 0 aliphatic heterocycles. The van der Waals surface area contributed by atoms with E-state index in [1.54, 1.807) is 23.9 Å². The molecule has 0 saturated heterocycles. The van der Waals surface area contributed by atoms with E-state index >= 15 is 0 Å². The number of ether oxygens (including phenoxy) is 2. The van der Waals surface area contributed by atoms with Gasteiger partial charge < -0.3 is 14.9 Å². The maximum atomic E-state index is 6.23. The summed E-state index contributed by atoms with van der Waals surface area (Å²) in [6.07, 6.45) is 0. The molecule has 9 heteroatoms. The number of benzene rings is 3. The van der Waals surface area contributed by atoms with E-state index in [0.717, 1.165) is 16.7 Å². The van der Waals surface area contributed by atoms with E-state index in [9.17, 15) is 0 Å². The van der Waals surface area contributed by atoms with E-state index in [1.807, 2.05) is 54.6 Å². The van der Waals surface area contributed by atoms with Crippen molar-refractivity contribution in [2.45, 2.75) is 13.2 Å². The second-order valence-corrected chi connectivity index (χ2v) is 8.13. The molecule has 0 bridgehead atoms. The second kappa shape index (κ2) is 10.1. The van der Waals surface area contributed by atoms with E-state index in [4.69, 9.17) is 44.9 Å². The maximum absolute atomic E-state index is 6.23. The molecule has 2 N–H and O–H groups in total. The van der Waals surface area contributed by atoms with Gasteiger partial charge in [-0.3, -0.25) is 0 Å². The van der Waals surface area contributed by atoms with Gasteiger partial charge in [0.15, 0.2) is 17.3 Å². The highest BCUT2D eigenvalue weighted by molar-refractivity contribution is 7.71. The Bertz CT molecular complexity index is 1270. The summed E-state index contributed by atoms with van der Waals surface area (Å²) >= 11 is 17.6. The van der Waals surface area contributed by atoms with Crippen LogP contribution in [0.15, 0.2) is 66.7 Å². The Labute approximate surface area is 200 Å². The van der Waals surface area contributed by atoms with Gasteiger partial charge in [-0.25, -0.2) is 9.77 Å². The number of hydrogen-bond donors (Lipinski definition) is 2. The number of H-pyrrole nitrogens is 1. The summed E-state index contributed by atoms with van der Waals surface area (Å²) in [7, 11) is 1.61. The topological polar surface area (TPSA) is 64.1 Å². The van der Waals surface area contributed by atoms with Gasteiger partial charge in [0.25, 0.3) is 0 Å². The van der Waals surface area contributed by atoms with Crippen LogP contribution in [0.3, 0.4) is 0 Å². The van der Waals surface area contributed by atoms with Crippen LogP contribution in [-0.2, 0) is 13.2 Å². The van der Waals surface area contributed by atoms with Crippen LogP contribution >= 0.6 is 35.4 Å². The Morgan fingerprint density at radius 2 is 1.84 bits per heavy atom. The van der Waals surface area contributed by atoms with Crippen molar-refractivity contribution in [3.05, 3.63) is 92.7 Å². The average molecular weight is 487 g/mol. The van der Waals surface area contributed by atoms with Crippen LogP contribution in [0.5, 0.6) is 11.5 Å². The molecule has 4 aromatic rings. The largest absolute Gasteiger partial charge is 0.493 e. The minimum Gasteiger partial charge on any atom is -0.493 e. The molecule has 0 fully saturated rings. The molecule has 0 aliphatic carbocycles.